The quantitative estimate of drug-likeness (QED) is 0.527. The molecule has 3 aromatic rings. The summed E-state index contributed by atoms with van der Waals surface area (Å²) >= 11 is 0. The van der Waals surface area contributed by atoms with Crippen LogP contribution < -0.4 is 15.6 Å². The largest absolute Gasteiger partial charge is 0.461 e. The van der Waals surface area contributed by atoms with E-state index in [0.29, 0.717) is 25.3 Å². The van der Waals surface area contributed by atoms with E-state index in [2.05, 4.69) is 10.3 Å². The Labute approximate surface area is 166 Å². The molecule has 0 aromatic carbocycles. The number of rotatable bonds is 5. The average Bonchev–Trinajstić information content (AvgIpc) is 3.29. The van der Waals surface area contributed by atoms with E-state index in [1.165, 1.54) is 24.5 Å². The molecule has 0 unspecified atom stereocenters. The third-order valence-electron chi connectivity index (χ3n) is 4.95. The first-order valence-electron chi connectivity index (χ1n) is 9.53. The Morgan fingerprint density at radius 1 is 1.38 bits per heavy atom. The molecule has 7 nitrogen and oxygen atoms in total. The van der Waals surface area contributed by atoms with Gasteiger partial charge in [0.15, 0.2) is 22.8 Å². The van der Waals surface area contributed by atoms with Crippen LogP contribution in [0.3, 0.4) is 0 Å². The number of furan rings is 1. The van der Waals surface area contributed by atoms with Gasteiger partial charge in [-0.2, -0.15) is 0 Å². The summed E-state index contributed by atoms with van der Waals surface area (Å²) in [4.78, 5) is 31.4. The molecule has 1 aliphatic rings. The molecule has 0 bridgehead atoms. The van der Waals surface area contributed by atoms with E-state index >= 15 is 0 Å². The molecule has 1 aliphatic heterocycles. The van der Waals surface area contributed by atoms with Gasteiger partial charge in [-0.25, -0.2) is 9.37 Å². The number of hydrogen-bond donors (Lipinski definition) is 1. The SMILES string of the molecule is CCn1cc(/C=C/C(=O)c2ccco2)c(=O)c2cc(F)c(N3CCNCC3)nc21. The van der Waals surface area contributed by atoms with Gasteiger partial charge in [-0.3, -0.25) is 9.59 Å². The van der Waals surface area contributed by atoms with Crippen LogP contribution in [0.25, 0.3) is 17.1 Å². The van der Waals surface area contributed by atoms with Gasteiger partial charge in [0.1, 0.15) is 5.65 Å². The van der Waals surface area contributed by atoms with E-state index < -0.39 is 5.82 Å². The molecule has 1 saturated heterocycles. The van der Waals surface area contributed by atoms with Gasteiger partial charge in [0.2, 0.25) is 5.78 Å². The predicted octanol–water partition coefficient (Wildman–Crippen LogP) is 2.45. The van der Waals surface area contributed by atoms with Crippen LogP contribution in [0.1, 0.15) is 23.0 Å². The third kappa shape index (κ3) is 3.71. The highest BCUT2D eigenvalue weighted by atomic mass is 19.1. The second-order valence-corrected chi connectivity index (χ2v) is 6.78. The summed E-state index contributed by atoms with van der Waals surface area (Å²) in [6.07, 6.45) is 5.76. The lowest BCUT2D eigenvalue weighted by atomic mass is 10.1. The van der Waals surface area contributed by atoms with E-state index in [-0.39, 0.29) is 33.7 Å². The summed E-state index contributed by atoms with van der Waals surface area (Å²) in [6.45, 7) is 5.29. The Morgan fingerprint density at radius 3 is 2.86 bits per heavy atom. The lowest BCUT2D eigenvalue weighted by Gasteiger charge is -2.29. The minimum absolute atomic E-state index is 0.186. The number of halogens is 1. The number of carbonyl (C=O) groups is 1. The van der Waals surface area contributed by atoms with Crippen LogP contribution in [0.2, 0.25) is 0 Å². The number of aromatic nitrogens is 2. The maximum atomic E-state index is 14.8. The minimum Gasteiger partial charge on any atom is -0.461 e. The number of pyridine rings is 2. The second-order valence-electron chi connectivity index (χ2n) is 6.78. The van der Waals surface area contributed by atoms with E-state index in [1.54, 1.807) is 22.9 Å². The van der Waals surface area contributed by atoms with Crippen molar-refractivity contribution in [3.8, 4) is 0 Å². The number of fused-ring (bicyclic) bond motifs is 1. The van der Waals surface area contributed by atoms with Gasteiger partial charge in [-0.1, -0.05) is 0 Å². The van der Waals surface area contributed by atoms with Crippen LogP contribution in [0.5, 0.6) is 0 Å². The van der Waals surface area contributed by atoms with Crippen LogP contribution in [-0.2, 0) is 6.54 Å². The van der Waals surface area contributed by atoms with Gasteiger partial charge >= 0.3 is 0 Å². The summed E-state index contributed by atoms with van der Waals surface area (Å²) in [6, 6.07) is 4.42. The maximum Gasteiger partial charge on any atom is 0.221 e. The fourth-order valence-electron chi connectivity index (χ4n) is 3.42. The molecule has 8 heteroatoms. The van der Waals surface area contributed by atoms with Crippen molar-refractivity contribution in [2.24, 2.45) is 0 Å². The van der Waals surface area contributed by atoms with Crippen molar-refractivity contribution in [1.82, 2.24) is 14.9 Å². The van der Waals surface area contributed by atoms with Crippen LogP contribution in [-0.4, -0.2) is 41.5 Å². The molecule has 29 heavy (non-hydrogen) atoms. The smallest absolute Gasteiger partial charge is 0.221 e. The molecule has 0 aliphatic carbocycles. The van der Waals surface area contributed by atoms with Crippen molar-refractivity contribution in [2.75, 3.05) is 31.1 Å². The maximum absolute atomic E-state index is 14.8. The summed E-state index contributed by atoms with van der Waals surface area (Å²) in [5.74, 6) is -0.425. The van der Waals surface area contributed by atoms with Gasteiger partial charge in [-0.05, 0) is 37.3 Å². The Hall–Kier alpha value is -3.26. The molecule has 0 saturated carbocycles. The molecule has 150 valence electrons. The monoisotopic (exact) mass is 396 g/mol. The highest BCUT2D eigenvalue weighted by Gasteiger charge is 2.19. The molecular formula is C21H21FN4O3. The van der Waals surface area contributed by atoms with Crippen LogP contribution in [0.4, 0.5) is 10.2 Å². The second kappa shape index (κ2) is 8.00. The number of ketones is 1. The van der Waals surface area contributed by atoms with Crippen molar-refractivity contribution >= 4 is 28.7 Å². The van der Waals surface area contributed by atoms with E-state index in [4.69, 9.17) is 4.42 Å². The van der Waals surface area contributed by atoms with Crippen molar-refractivity contribution in [3.63, 3.8) is 0 Å². The number of piperazine rings is 1. The molecule has 0 atom stereocenters. The van der Waals surface area contributed by atoms with E-state index in [1.807, 2.05) is 11.8 Å². The van der Waals surface area contributed by atoms with Crippen LogP contribution >= 0.6 is 0 Å². The molecule has 0 radical (unpaired) electrons. The van der Waals surface area contributed by atoms with Gasteiger partial charge in [0.05, 0.1) is 11.6 Å². The Kier molecular flexibility index (Phi) is 5.26. The van der Waals surface area contributed by atoms with Gasteiger partial charge in [0, 0.05) is 44.5 Å². The van der Waals surface area contributed by atoms with Crippen LogP contribution in [0, 0.1) is 5.82 Å². The fourth-order valence-corrected chi connectivity index (χ4v) is 3.42. The first-order chi connectivity index (χ1) is 14.1. The molecule has 1 N–H and O–H groups in total. The van der Waals surface area contributed by atoms with Crippen molar-refractivity contribution in [1.29, 1.82) is 0 Å². The van der Waals surface area contributed by atoms with Gasteiger partial charge < -0.3 is 19.2 Å². The number of anilines is 1. The Bertz CT molecular complexity index is 1130. The highest BCUT2D eigenvalue weighted by molar-refractivity contribution is 6.04. The normalized spacial score (nSPS) is 14.8. The van der Waals surface area contributed by atoms with E-state index in [0.717, 1.165) is 13.1 Å². The number of hydrogen-bond acceptors (Lipinski definition) is 6. The lowest BCUT2D eigenvalue weighted by molar-refractivity contribution is 0.102. The zero-order valence-corrected chi connectivity index (χ0v) is 16.0. The molecule has 3 aromatic heterocycles. The summed E-state index contributed by atoms with van der Waals surface area (Å²) in [5, 5.41) is 3.42. The molecule has 4 rings (SSSR count). The Morgan fingerprint density at radius 2 is 2.17 bits per heavy atom. The standard InChI is InChI=1S/C21H21FN4O3/c1-2-25-13-14(5-6-17(27)18-4-3-11-29-18)19(28)15-12-16(22)21(24-20(15)25)26-9-7-23-8-10-26/h3-6,11-13,23H,2,7-10H2,1H3/b6-5+. The number of carbonyl (C=O) groups excluding carboxylic acids is 1. The topological polar surface area (TPSA) is 80.4 Å². The zero-order chi connectivity index (χ0) is 20.4. The van der Waals surface area contributed by atoms with Gasteiger partial charge in [-0.15, -0.1) is 0 Å². The molecular weight excluding hydrogens is 375 g/mol. The molecule has 1 fully saturated rings. The van der Waals surface area contributed by atoms with Crippen LogP contribution in [0.15, 0.2) is 45.9 Å². The summed E-state index contributed by atoms with van der Waals surface area (Å²) < 4.78 is 21.6. The summed E-state index contributed by atoms with van der Waals surface area (Å²) in [7, 11) is 0. The van der Waals surface area contributed by atoms with Crippen molar-refractivity contribution in [3.05, 3.63) is 64.1 Å². The van der Waals surface area contributed by atoms with Crippen molar-refractivity contribution in [2.45, 2.75) is 13.5 Å². The Balaban J connectivity index is 1.77. The fraction of sp³-hybridized carbons (Fsp3) is 0.286. The summed E-state index contributed by atoms with van der Waals surface area (Å²) in [5.41, 5.74) is 0.351. The first kappa shape index (κ1) is 19.1. The highest BCUT2D eigenvalue weighted by Crippen LogP contribution is 2.22. The lowest BCUT2D eigenvalue weighted by Crippen LogP contribution is -2.44. The van der Waals surface area contributed by atoms with Gasteiger partial charge in [0.25, 0.3) is 0 Å². The minimum atomic E-state index is -0.521. The molecule has 4 heterocycles. The number of allylic oxidation sites excluding steroid dienone is 1. The third-order valence-corrected chi connectivity index (χ3v) is 4.95. The van der Waals surface area contributed by atoms with E-state index in [9.17, 15) is 14.0 Å². The zero-order valence-electron chi connectivity index (χ0n) is 16.0. The first-order valence-corrected chi connectivity index (χ1v) is 9.53. The molecule has 0 spiro atoms. The average molecular weight is 396 g/mol. The molecule has 0 amide bonds. The van der Waals surface area contributed by atoms with Crippen molar-refractivity contribution < 1.29 is 13.6 Å². The predicted molar refractivity (Wildman–Crippen MR) is 109 cm³/mol. The number of nitrogens with one attached hydrogen (secondary N) is 1. The number of nitrogens with zero attached hydrogens (tertiary/aromatic N) is 3. The number of aryl methyl sites for hydroxylation is 1.